The molecule has 1 aliphatic heterocycles. The molecule has 0 radical (unpaired) electrons. The van der Waals surface area contributed by atoms with Gasteiger partial charge in [0.2, 0.25) is 5.91 Å². The van der Waals surface area contributed by atoms with E-state index in [1.807, 2.05) is 23.6 Å². The minimum Gasteiger partial charge on any atom is -0.468 e. The second-order valence-electron chi connectivity index (χ2n) is 7.80. The third-order valence-corrected chi connectivity index (χ3v) is 7.42. The molecule has 0 saturated carbocycles. The first-order valence-corrected chi connectivity index (χ1v) is 12.3. The maximum absolute atomic E-state index is 13.2. The van der Waals surface area contributed by atoms with Gasteiger partial charge in [-0.25, -0.2) is 8.42 Å². The summed E-state index contributed by atoms with van der Waals surface area (Å²) in [6.07, 6.45) is 2.17. The molecule has 3 rings (SSSR count). The van der Waals surface area contributed by atoms with Crippen molar-refractivity contribution in [3.8, 4) is 0 Å². The van der Waals surface area contributed by atoms with Crippen LogP contribution in [0.4, 0.5) is 0 Å². The second-order valence-corrected chi connectivity index (χ2v) is 11.1. The molecule has 3 heterocycles. The Hall–Kier alpha value is -1.64. The Morgan fingerprint density at radius 2 is 2.11 bits per heavy atom. The molecule has 1 atom stereocenters. The quantitative estimate of drug-likeness (QED) is 0.619. The molecule has 1 saturated heterocycles. The Morgan fingerprint density at radius 1 is 1.29 bits per heavy atom. The zero-order chi connectivity index (χ0) is 20.1. The summed E-state index contributed by atoms with van der Waals surface area (Å²) in [7, 11) is -3.04. The Bertz CT molecular complexity index is 809. The van der Waals surface area contributed by atoms with Crippen molar-refractivity contribution < 1.29 is 17.6 Å². The van der Waals surface area contributed by atoms with Crippen LogP contribution in [-0.4, -0.2) is 54.8 Å². The Kier molecular flexibility index (Phi) is 6.95. The van der Waals surface area contributed by atoms with Crippen LogP contribution in [0.1, 0.15) is 30.9 Å². The summed E-state index contributed by atoms with van der Waals surface area (Å²) in [5.41, 5.74) is 0. The summed E-state index contributed by atoms with van der Waals surface area (Å²) in [5.74, 6) is 1.32. The van der Waals surface area contributed by atoms with E-state index in [4.69, 9.17) is 4.42 Å². The van der Waals surface area contributed by atoms with Crippen molar-refractivity contribution in [3.63, 3.8) is 0 Å². The van der Waals surface area contributed by atoms with E-state index in [-0.39, 0.29) is 35.9 Å². The van der Waals surface area contributed by atoms with E-state index in [9.17, 15) is 13.2 Å². The van der Waals surface area contributed by atoms with E-state index < -0.39 is 9.84 Å². The average molecular weight is 425 g/mol. The molecule has 0 aromatic carbocycles. The van der Waals surface area contributed by atoms with Gasteiger partial charge in [0.05, 0.1) is 30.9 Å². The first-order chi connectivity index (χ1) is 13.3. The van der Waals surface area contributed by atoms with Gasteiger partial charge >= 0.3 is 0 Å². The van der Waals surface area contributed by atoms with Crippen LogP contribution in [0.3, 0.4) is 0 Å². The van der Waals surface area contributed by atoms with Crippen LogP contribution < -0.4 is 0 Å². The lowest BCUT2D eigenvalue weighted by Gasteiger charge is -2.32. The van der Waals surface area contributed by atoms with Crippen LogP contribution in [0.5, 0.6) is 0 Å². The number of carbonyl (C=O) groups excluding carboxylic acids is 1. The van der Waals surface area contributed by atoms with Crippen molar-refractivity contribution in [1.29, 1.82) is 0 Å². The third kappa shape index (κ3) is 5.93. The number of thiophene rings is 1. The predicted octanol–water partition coefficient (Wildman–Crippen LogP) is 3.02. The predicted molar refractivity (Wildman–Crippen MR) is 111 cm³/mol. The van der Waals surface area contributed by atoms with Crippen LogP contribution in [0.25, 0.3) is 0 Å². The molecule has 1 fully saturated rings. The molecule has 0 N–H and O–H groups in total. The fraction of sp³-hybridized carbons (Fsp3) is 0.550. The van der Waals surface area contributed by atoms with Gasteiger partial charge in [-0.3, -0.25) is 9.69 Å². The van der Waals surface area contributed by atoms with E-state index in [0.29, 0.717) is 26.1 Å². The van der Waals surface area contributed by atoms with Crippen molar-refractivity contribution >= 4 is 27.1 Å². The minimum atomic E-state index is -3.04. The van der Waals surface area contributed by atoms with Crippen LogP contribution in [0, 0.1) is 5.92 Å². The number of rotatable bonds is 9. The fourth-order valence-electron chi connectivity index (χ4n) is 3.56. The zero-order valence-electron chi connectivity index (χ0n) is 16.4. The molecule has 154 valence electrons. The van der Waals surface area contributed by atoms with Crippen LogP contribution in [0.15, 0.2) is 40.3 Å². The fourth-order valence-corrected chi connectivity index (χ4v) is 6.04. The molecule has 6 nitrogen and oxygen atoms in total. The van der Waals surface area contributed by atoms with E-state index in [1.165, 1.54) is 4.88 Å². The zero-order valence-corrected chi connectivity index (χ0v) is 18.0. The van der Waals surface area contributed by atoms with Gasteiger partial charge in [0.1, 0.15) is 5.76 Å². The van der Waals surface area contributed by atoms with Gasteiger partial charge in [0.15, 0.2) is 9.84 Å². The van der Waals surface area contributed by atoms with Crippen LogP contribution >= 0.6 is 11.3 Å². The smallest absolute Gasteiger partial charge is 0.237 e. The lowest BCUT2D eigenvalue weighted by Crippen LogP contribution is -2.47. The number of sulfone groups is 1. The molecule has 28 heavy (non-hydrogen) atoms. The van der Waals surface area contributed by atoms with Crippen molar-refractivity contribution in [1.82, 2.24) is 9.80 Å². The largest absolute Gasteiger partial charge is 0.468 e. The Balaban J connectivity index is 1.73. The summed E-state index contributed by atoms with van der Waals surface area (Å²) in [6, 6.07) is 7.59. The van der Waals surface area contributed by atoms with E-state index in [1.54, 1.807) is 22.5 Å². The van der Waals surface area contributed by atoms with E-state index in [0.717, 1.165) is 5.76 Å². The number of nitrogens with zero attached hydrogens (tertiary/aromatic N) is 2. The topological polar surface area (TPSA) is 70.8 Å². The lowest BCUT2D eigenvalue weighted by molar-refractivity contribution is -0.135. The van der Waals surface area contributed by atoms with Gasteiger partial charge in [0, 0.05) is 24.0 Å². The summed E-state index contributed by atoms with van der Waals surface area (Å²) < 4.78 is 29.4. The highest BCUT2D eigenvalue weighted by Gasteiger charge is 2.35. The number of amides is 1. The molecule has 0 bridgehead atoms. The molecule has 0 unspecified atom stereocenters. The Labute approximate surface area is 171 Å². The van der Waals surface area contributed by atoms with Gasteiger partial charge < -0.3 is 9.32 Å². The normalized spacial score (nSPS) is 18.8. The molecule has 8 heteroatoms. The maximum Gasteiger partial charge on any atom is 0.237 e. The SMILES string of the molecule is CC(C)CN(C(=O)CN(Cc1ccco1)Cc1cccs1)[C@@H]1CCS(=O)(=O)C1. The highest BCUT2D eigenvalue weighted by Crippen LogP contribution is 2.21. The number of hydrogen-bond acceptors (Lipinski definition) is 6. The van der Waals surface area contributed by atoms with Crippen LogP contribution in [-0.2, 0) is 27.7 Å². The summed E-state index contributed by atoms with van der Waals surface area (Å²) in [5, 5.41) is 2.02. The number of hydrogen-bond donors (Lipinski definition) is 0. The van der Waals surface area contributed by atoms with Crippen molar-refractivity contribution in [3.05, 3.63) is 46.5 Å². The van der Waals surface area contributed by atoms with Gasteiger partial charge in [-0.2, -0.15) is 0 Å². The summed E-state index contributed by atoms with van der Waals surface area (Å²) in [4.78, 5) is 18.2. The van der Waals surface area contributed by atoms with E-state index >= 15 is 0 Å². The summed E-state index contributed by atoms with van der Waals surface area (Å²) >= 11 is 1.66. The highest BCUT2D eigenvalue weighted by molar-refractivity contribution is 7.91. The van der Waals surface area contributed by atoms with Gasteiger partial charge in [-0.05, 0) is 35.9 Å². The van der Waals surface area contributed by atoms with Gasteiger partial charge in [-0.15, -0.1) is 11.3 Å². The highest BCUT2D eigenvalue weighted by atomic mass is 32.2. The molecular weight excluding hydrogens is 396 g/mol. The van der Waals surface area contributed by atoms with Crippen molar-refractivity contribution in [2.24, 2.45) is 5.92 Å². The number of carbonyl (C=O) groups is 1. The minimum absolute atomic E-state index is 0.0149. The van der Waals surface area contributed by atoms with Crippen LogP contribution in [0.2, 0.25) is 0 Å². The molecule has 1 aliphatic rings. The second kappa shape index (κ2) is 9.24. The molecule has 0 aliphatic carbocycles. The van der Waals surface area contributed by atoms with Crippen molar-refractivity contribution in [2.45, 2.75) is 39.4 Å². The van der Waals surface area contributed by atoms with Crippen molar-refractivity contribution in [2.75, 3.05) is 24.6 Å². The third-order valence-electron chi connectivity index (χ3n) is 4.81. The molecule has 2 aromatic rings. The molecule has 0 spiro atoms. The monoisotopic (exact) mass is 424 g/mol. The Morgan fingerprint density at radius 3 is 2.68 bits per heavy atom. The first kappa shape index (κ1) is 21.1. The maximum atomic E-state index is 13.2. The number of furan rings is 1. The standard InChI is InChI=1S/C20H28N2O4S2/c1-16(2)11-22(17-7-10-28(24,25)15-17)20(23)14-21(12-18-5-3-8-26-18)13-19-6-4-9-27-19/h3-6,8-9,16-17H,7,10-15H2,1-2H3/t17-/m1/s1. The molecular formula is C20H28N2O4S2. The van der Waals surface area contributed by atoms with Gasteiger partial charge in [0.25, 0.3) is 0 Å². The average Bonchev–Trinajstić information content (AvgIpc) is 3.35. The summed E-state index contributed by atoms with van der Waals surface area (Å²) in [6.45, 7) is 6.11. The first-order valence-electron chi connectivity index (χ1n) is 9.59. The molecule has 1 amide bonds. The lowest BCUT2D eigenvalue weighted by atomic mass is 10.1. The van der Waals surface area contributed by atoms with E-state index in [2.05, 4.69) is 24.8 Å². The molecule has 2 aromatic heterocycles. The van der Waals surface area contributed by atoms with Gasteiger partial charge in [-0.1, -0.05) is 19.9 Å².